The first-order valence-electron chi connectivity index (χ1n) is 3.15. The van der Waals surface area contributed by atoms with Crippen molar-refractivity contribution in [3.05, 3.63) is 30.7 Å². The monoisotopic (exact) mass is 167 g/mol. The number of hydrogen-bond acceptors (Lipinski definition) is 3. The van der Waals surface area contributed by atoms with Gasteiger partial charge in [0.05, 0.1) is 0 Å². The first-order chi connectivity index (χ1) is 5.72. The molecule has 0 atom stereocenters. The molecule has 1 amide bonds. The number of nitrogens with one attached hydrogen (secondary N) is 1. The van der Waals surface area contributed by atoms with Gasteiger partial charge < -0.3 is 5.32 Å². The lowest BCUT2D eigenvalue weighted by molar-refractivity contribution is -0.111. The molecule has 0 aliphatic heterocycles. The summed E-state index contributed by atoms with van der Waals surface area (Å²) in [7, 11) is 0. The van der Waals surface area contributed by atoms with E-state index in [1.807, 2.05) is 0 Å². The van der Waals surface area contributed by atoms with Crippen molar-refractivity contribution in [1.82, 2.24) is 10.2 Å². The van der Waals surface area contributed by atoms with E-state index in [0.717, 1.165) is 12.1 Å². The molecule has 0 saturated heterocycles. The Balaban J connectivity index is 2.71. The van der Waals surface area contributed by atoms with Crippen LogP contribution in [0.1, 0.15) is 0 Å². The third-order valence-electron chi connectivity index (χ3n) is 1.07. The summed E-state index contributed by atoms with van der Waals surface area (Å²) in [4.78, 5) is 10.7. The Morgan fingerprint density at radius 2 is 2.33 bits per heavy atom. The van der Waals surface area contributed by atoms with Crippen LogP contribution in [-0.2, 0) is 4.79 Å². The maximum absolute atomic E-state index is 12.2. The molecule has 1 heterocycles. The van der Waals surface area contributed by atoms with E-state index < -0.39 is 11.9 Å². The smallest absolute Gasteiger partial charge is 0.248 e. The Morgan fingerprint density at radius 3 is 2.83 bits per heavy atom. The second kappa shape index (κ2) is 3.56. The van der Waals surface area contributed by atoms with Crippen molar-refractivity contribution in [1.29, 1.82) is 0 Å². The average molecular weight is 167 g/mol. The molecule has 1 N–H and O–H groups in total. The van der Waals surface area contributed by atoms with Gasteiger partial charge >= 0.3 is 0 Å². The van der Waals surface area contributed by atoms with Gasteiger partial charge in [0, 0.05) is 0 Å². The Kier molecular flexibility index (Phi) is 2.47. The lowest BCUT2D eigenvalue weighted by Gasteiger charge is -1.97. The fraction of sp³-hybridized carbons (Fsp3) is 0. The van der Waals surface area contributed by atoms with Gasteiger partial charge in [0.25, 0.3) is 0 Å². The van der Waals surface area contributed by atoms with Crippen LogP contribution in [0.4, 0.5) is 10.2 Å². The lowest BCUT2D eigenvalue weighted by Crippen LogP contribution is -2.09. The van der Waals surface area contributed by atoms with Gasteiger partial charge in [0.1, 0.15) is 0 Å². The van der Waals surface area contributed by atoms with E-state index in [4.69, 9.17) is 0 Å². The molecule has 1 aromatic rings. The van der Waals surface area contributed by atoms with Crippen LogP contribution in [0.25, 0.3) is 0 Å². The van der Waals surface area contributed by atoms with Crippen molar-refractivity contribution in [2.24, 2.45) is 0 Å². The fourth-order valence-corrected chi connectivity index (χ4v) is 0.560. The minimum absolute atomic E-state index is 0.196. The summed E-state index contributed by atoms with van der Waals surface area (Å²) < 4.78 is 12.2. The molecule has 0 bridgehead atoms. The van der Waals surface area contributed by atoms with Crippen molar-refractivity contribution in [2.45, 2.75) is 0 Å². The molecule has 0 saturated carbocycles. The molecule has 1 rings (SSSR count). The van der Waals surface area contributed by atoms with Crippen molar-refractivity contribution in [2.75, 3.05) is 5.32 Å². The molecular weight excluding hydrogens is 161 g/mol. The van der Waals surface area contributed by atoms with E-state index in [9.17, 15) is 9.18 Å². The van der Waals surface area contributed by atoms with E-state index >= 15 is 0 Å². The maximum Gasteiger partial charge on any atom is 0.248 e. The summed E-state index contributed by atoms with van der Waals surface area (Å²) in [6.45, 7) is 3.24. The third kappa shape index (κ3) is 2.12. The molecule has 0 radical (unpaired) electrons. The number of carbonyl (C=O) groups is 1. The Morgan fingerprint density at radius 1 is 1.58 bits per heavy atom. The lowest BCUT2D eigenvalue weighted by atomic mass is 10.5. The maximum atomic E-state index is 12.2. The van der Waals surface area contributed by atoms with Gasteiger partial charge in [-0.1, -0.05) is 6.58 Å². The van der Waals surface area contributed by atoms with Crippen molar-refractivity contribution < 1.29 is 9.18 Å². The summed E-state index contributed by atoms with van der Waals surface area (Å²) in [5.41, 5.74) is 0. The highest BCUT2D eigenvalue weighted by atomic mass is 19.1. The zero-order valence-corrected chi connectivity index (χ0v) is 6.12. The van der Waals surface area contributed by atoms with Gasteiger partial charge in [-0.3, -0.25) is 4.79 Å². The van der Waals surface area contributed by atoms with Gasteiger partial charge in [-0.25, -0.2) is 0 Å². The van der Waals surface area contributed by atoms with Crippen molar-refractivity contribution >= 4 is 11.7 Å². The first kappa shape index (κ1) is 8.32. The molecule has 5 heteroatoms. The number of carbonyl (C=O) groups excluding carboxylic acids is 1. The van der Waals surface area contributed by atoms with Gasteiger partial charge in [0.15, 0.2) is 5.82 Å². The number of anilines is 1. The minimum atomic E-state index is -0.688. The highest BCUT2D eigenvalue weighted by Crippen LogP contribution is 1.99. The van der Waals surface area contributed by atoms with Crippen LogP contribution in [0.3, 0.4) is 0 Å². The van der Waals surface area contributed by atoms with Crippen LogP contribution in [-0.4, -0.2) is 16.1 Å². The molecule has 62 valence electrons. The third-order valence-corrected chi connectivity index (χ3v) is 1.07. The standard InChI is InChI=1S/C7H6FN3O/c1-2-7(12)9-6-4-3-5(8)10-11-6/h2-4H,1H2,(H,9,11,12). The van der Waals surface area contributed by atoms with E-state index in [-0.39, 0.29) is 5.82 Å². The largest absolute Gasteiger partial charge is 0.306 e. The topological polar surface area (TPSA) is 54.9 Å². The molecule has 1 aromatic heterocycles. The Bertz CT molecular complexity index is 296. The van der Waals surface area contributed by atoms with Crippen LogP contribution < -0.4 is 5.32 Å². The quantitative estimate of drug-likeness (QED) is 0.661. The van der Waals surface area contributed by atoms with E-state index in [1.165, 1.54) is 6.07 Å². The molecule has 12 heavy (non-hydrogen) atoms. The highest BCUT2D eigenvalue weighted by molar-refractivity contribution is 5.98. The van der Waals surface area contributed by atoms with E-state index in [2.05, 4.69) is 22.1 Å². The van der Waals surface area contributed by atoms with E-state index in [1.54, 1.807) is 0 Å². The molecule has 0 aliphatic carbocycles. The molecule has 0 spiro atoms. The number of hydrogen-bond donors (Lipinski definition) is 1. The normalized spacial score (nSPS) is 9.08. The molecule has 4 nitrogen and oxygen atoms in total. The molecule has 0 aromatic carbocycles. The van der Waals surface area contributed by atoms with Crippen LogP contribution in [0.15, 0.2) is 24.8 Å². The SMILES string of the molecule is C=CC(=O)Nc1ccc(F)nn1. The number of amides is 1. The van der Waals surface area contributed by atoms with Crippen molar-refractivity contribution in [3.63, 3.8) is 0 Å². The molecule has 0 aliphatic rings. The molecule has 0 unspecified atom stereocenters. The second-order valence-electron chi connectivity index (χ2n) is 1.93. The van der Waals surface area contributed by atoms with Crippen LogP contribution in [0, 0.1) is 5.95 Å². The van der Waals surface area contributed by atoms with Gasteiger partial charge in [-0.15, -0.1) is 10.2 Å². The zero-order chi connectivity index (χ0) is 8.97. The highest BCUT2D eigenvalue weighted by Gasteiger charge is 1.98. The summed E-state index contributed by atoms with van der Waals surface area (Å²) >= 11 is 0. The van der Waals surface area contributed by atoms with Crippen molar-refractivity contribution in [3.8, 4) is 0 Å². The fourth-order valence-electron chi connectivity index (χ4n) is 0.560. The van der Waals surface area contributed by atoms with Crippen LogP contribution in [0.2, 0.25) is 0 Å². The number of halogens is 1. The predicted octanol–water partition coefficient (Wildman–Crippen LogP) is 0.740. The number of rotatable bonds is 2. The van der Waals surface area contributed by atoms with Gasteiger partial charge in [0.2, 0.25) is 11.9 Å². The number of aromatic nitrogens is 2. The first-order valence-corrected chi connectivity index (χ1v) is 3.15. The summed E-state index contributed by atoms with van der Waals surface area (Å²) in [5, 5.41) is 8.78. The zero-order valence-electron chi connectivity index (χ0n) is 6.12. The second-order valence-corrected chi connectivity index (χ2v) is 1.93. The van der Waals surface area contributed by atoms with Crippen LogP contribution >= 0.6 is 0 Å². The summed E-state index contributed by atoms with van der Waals surface area (Å²) in [5.74, 6) is -0.899. The predicted molar refractivity (Wildman–Crippen MR) is 40.8 cm³/mol. The van der Waals surface area contributed by atoms with Gasteiger partial charge in [-0.05, 0) is 18.2 Å². The van der Waals surface area contributed by atoms with Gasteiger partial charge in [-0.2, -0.15) is 4.39 Å². The Hall–Kier alpha value is -1.78. The summed E-state index contributed by atoms with van der Waals surface area (Å²) in [6.07, 6.45) is 1.09. The number of nitrogens with zero attached hydrogens (tertiary/aromatic N) is 2. The van der Waals surface area contributed by atoms with Crippen LogP contribution in [0.5, 0.6) is 0 Å². The summed E-state index contributed by atoms with van der Waals surface area (Å²) in [6, 6.07) is 2.41. The molecule has 0 fully saturated rings. The molecular formula is C7H6FN3O. The average Bonchev–Trinajstić information content (AvgIpc) is 2.09. The minimum Gasteiger partial charge on any atom is -0.306 e. The van der Waals surface area contributed by atoms with E-state index in [0.29, 0.717) is 0 Å². The Labute approximate surface area is 68.1 Å².